The standard InChI is InChI=1S/C5H11N3O3.Na/c9-4-5-2-1-3-7(5)8(11)6-10;/h5,9-10H,1-4H2;/b8-6-;. The maximum absolute atomic E-state index is 10.7. The Morgan fingerprint density at radius 3 is 2.83 bits per heavy atom. The van der Waals surface area contributed by atoms with Gasteiger partial charge >= 0.3 is 0 Å². The molecule has 1 radical (unpaired) electrons. The Morgan fingerprint density at radius 1 is 1.67 bits per heavy atom. The van der Waals surface area contributed by atoms with Gasteiger partial charge in [-0.15, -0.1) is 5.01 Å². The first-order valence-electron chi connectivity index (χ1n) is 3.49. The third-order valence-corrected chi connectivity index (χ3v) is 1.85. The van der Waals surface area contributed by atoms with Crippen LogP contribution in [0.2, 0.25) is 0 Å². The average Bonchev–Trinajstić information content (AvgIpc) is 2.50. The summed E-state index contributed by atoms with van der Waals surface area (Å²) < 4.78 is 0. The van der Waals surface area contributed by atoms with Gasteiger partial charge in [0.15, 0.2) is 0 Å². The van der Waals surface area contributed by atoms with Crippen LogP contribution in [-0.2, 0) is 0 Å². The van der Waals surface area contributed by atoms with E-state index in [0.29, 0.717) is 6.54 Å². The van der Waals surface area contributed by atoms with Crippen molar-refractivity contribution in [2.24, 2.45) is 5.28 Å². The van der Waals surface area contributed by atoms with Gasteiger partial charge in [0.2, 0.25) is 5.28 Å². The van der Waals surface area contributed by atoms with Gasteiger partial charge in [0, 0.05) is 29.6 Å². The van der Waals surface area contributed by atoms with Gasteiger partial charge in [-0.3, -0.25) is 0 Å². The van der Waals surface area contributed by atoms with E-state index in [1.54, 1.807) is 0 Å². The summed E-state index contributed by atoms with van der Waals surface area (Å²) in [5.41, 5.74) is 0. The van der Waals surface area contributed by atoms with Crippen molar-refractivity contribution in [3.05, 3.63) is 5.21 Å². The van der Waals surface area contributed by atoms with Gasteiger partial charge in [-0.25, -0.2) is 0 Å². The zero-order valence-electron chi connectivity index (χ0n) is 7.05. The molecule has 1 aliphatic rings. The van der Waals surface area contributed by atoms with E-state index in [1.807, 2.05) is 0 Å². The second-order valence-electron chi connectivity index (χ2n) is 2.48. The fourth-order valence-electron chi connectivity index (χ4n) is 1.28. The Kier molecular flexibility index (Phi) is 5.56. The minimum absolute atomic E-state index is 0. The molecule has 0 saturated carbocycles. The molecule has 1 rings (SSSR count). The van der Waals surface area contributed by atoms with E-state index in [-0.39, 0.29) is 47.2 Å². The molecule has 0 amide bonds. The van der Waals surface area contributed by atoms with E-state index in [2.05, 4.69) is 5.28 Å². The van der Waals surface area contributed by atoms with Crippen molar-refractivity contribution >= 4 is 29.6 Å². The molecule has 1 aliphatic heterocycles. The van der Waals surface area contributed by atoms with Crippen molar-refractivity contribution in [1.82, 2.24) is 5.01 Å². The molecule has 1 fully saturated rings. The van der Waals surface area contributed by atoms with Crippen LogP contribution in [0.1, 0.15) is 12.8 Å². The number of hydrogen-bond donors (Lipinski definition) is 2. The van der Waals surface area contributed by atoms with Gasteiger partial charge in [0.1, 0.15) is 6.04 Å². The molecule has 0 aromatic rings. The summed E-state index contributed by atoms with van der Waals surface area (Å²) in [5, 5.41) is 31.3. The van der Waals surface area contributed by atoms with Crippen molar-refractivity contribution in [3.8, 4) is 0 Å². The summed E-state index contributed by atoms with van der Waals surface area (Å²) in [6.07, 6.45) is 1.62. The van der Waals surface area contributed by atoms with Crippen molar-refractivity contribution in [1.29, 1.82) is 0 Å². The number of nitrogens with zero attached hydrogens (tertiary/aromatic N) is 3. The van der Waals surface area contributed by atoms with E-state index < -0.39 is 0 Å². The second kappa shape index (κ2) is 5.58. The number of aliphatic hydroxyl groups is 1. The summed E-state index contributed by atoms with van der Waals surface area (Å²) in [7, 11) is 0. The van der Waals surface area contributed by atoms with Crippen LogP contribution >= 0.6 is 0 Å². The molecular weight excluding hydrogens is 173 g/mol. The van der Waals surface area contributed by atoms with Crippen molar-refractivity contribution < 1.29 is 15.3 Å². The van der Waals surface area contributed by atoms with E-state index in [0.717, 1.165) is 12.8 Å². The van der Waals surface area contributed by atoms with Gasteiger partial charge < -0.3 is 15.5 Å². The van der Waals surface area contributed by atoms with Gasteiger partial charge in [0.05, 0.1) is 18.1 Å². The smallest absolute Gasteiger partial charge is 0.230 e. The zero-order valence-corrected chi connectivity index (χ0v) is 9.05. The number of hydrogen-bond acceptors (Lipinski definition) is 3. The first kappa shape index (κ1) is 12.0. The van der Waals surface area contributed by atoms with Gasteiger partial charge in [-0.2, -0.15) is 0 Å². The predicted octanol–water partition coefficient (Wildman–Crippen LogP) is -0.671. The molecule has 12 heavy (non-hydrogen) atoms. The average molecular weight is 184 g/mol. The molecule has 7 heteroatoms. The molecule has 1 heterocycles. The predicted molar refractivity (Wildman–Crippen MR) is 40.4 cm³/mol. The maximum atomic E-state index is 10.7. The van der Waals surface area contributed by atoms with Gasteiger partial charge in [0.25, 0.3) is 0 Å². The Balaban J connectivity index is 0.00000121. The number of hydrazine groups is 1. The summed E-state index contributed by atoms with van der Waals surface area (Å²) >= 11 is 0. The van der Waals surface area contributed by atoms with Crippen LogP contribution in [0.3, 0.4) is 0 Å². The van der Waals surface area contributed by atoms with Crippen molar-refractivity contribution in [2.75, 3.05) is 13.2 Å². The molecule has 0 aromatic carbocycles. The molecule has 0 aromatic heterocycles. The van der Waals surface area contributed by atoms with Gasteiger partial charge in [-0.1, -0.05) is 0 Å². The molecule has 0 aliphatic carbocycles. The fourth-order valence-corrected chi connectivity index (χ4v) is 1.28. The Morgan fingerprint density at radius 2 is 2.33 bits per heavy atom. The summed E-state index contributed by atoms with van der Waals surface area (Å²) in [4.78, 5) is 0.119. The van der Waals surface area contributed by atoms with Crippen LogP contribution in [-0.4, -0.2) is 69.0 Å². The van der Waals surface area contributed by atoms with Crippen LogP contribution in [0.25, 0.3) is 0 Å². The molecule has 0 bridgehead atoms. The SMILES string of the molecule is [Na].[O-]/[N+](=N\O)N1CCCC1CO. The summed E-state index contributed by atoms with van der Waals surface area (Å²) in [6.45, 7) is 0.465. The Hall–Kier alpha value is -0.0400. The normalized spacial score (nSPS) is 23.9. The molecule has 1 saturated heterocycles. The van der Waals surface area contributed by atoms with Crippen LogP contribution in [0.15, 0.2) is 5.28 Å². The molecule has 0 spiro atoms. The quantitative estimate of drug-likeness (QED) is 0.258. The van der Waals surface area contributed by atoms with E-state index in [4.69, 9.17) is 10.3 Å². The first-order valence-corrected chi connectivity index (χ1v) is 3.49. The van der Waals surface area contributed by atoms with Gasteiger partial charge in [-0.05, 0) is 12.8 Å². The third-order valence-electron chi connectivity index (χ3n) is 1.85. The Labute approximate surface area is 92.3 Å². The molecule has 6 nitrogen and oxygen atoms in total. The van der Waals surface area contributed by atoms with Crippen LogP contribution < -0.4 is 0 Å². The third kappa shape index (κ3) is 2.48. The van der Waals surface area contributed by atoms with E-state index >= 15 is 0 Å². The van der Waals surface area contributed by atoms with Crippen LogP contribution in [0.4, 0.5) is 0 Å². The van der Waals surface area contributed by atoms with E-state index in [1.165, 1.54) is 5.01 Å². The van der Waals surface area contributed by atoms with Crippen molar-refractivity contribution in [3.63, 3.8) is 0 Å². The molecule has 65 valence electrons. The maximum Gasteiger partial charge on any atom is 0.230 e. The molecular formula is C5H11N3NaO3. The Bertz CT molecular complexity index is 166. The molecule has 2 N–H and O–H groups in total. The summed E-state index contributed by atoms with van der Waals surface area (Å²) in [6, 6.07) is -0.191. The minimum atomic E-state index is -0.191. The van der Waals surface area contributed by atoms with Crippen LogP contribution in [0, 0.1) is 5.21 Å². The molecule has 1 unspecified atom stereocenters. The van der Waals surface area contributed by atoms with Crippen molar-refractivity contribution in [2.45, 2.75) is 18.9 Å². The minimum Gasteiger partial charge on any atom is -0.569 e. The largest absolute Gasteiger partial charge is 0.569 e. The molecule has 1 atom stereocenters. The second-order valence-corrected chi connectivity index (χ2v) is 2.48. The monoisotopic (exact) mass is 184 g/mol. The fraction of sp³-hybridized carbons (Fsp3) is 1.00. The first-order chi connectivity index (χ1) is 5.29. The van der Waals surface area contributed by atoms with E-state index in [9.17, 15) is 5.21 Å². The van der Waals surface area contributed by atoms with Crippen LogP contribution in [0.5, 0.6) is 0 Å². The summed E-state index contributed by atoms with van der Waals surface area (Å²) in [5.74, 6) is 0. The number of aliphatic hydroxyl groups excluding tert-OH is 1. The topological polar surface area (TPSA) is 82.1 Å². The number of rotatable bonds is 2. The zero-order chi connectivity index (χ0) is 8.27.